The van der Waals surface area contributed by atoms with Gasteiger partial charge in [-0.15, -0.1) is 0 Å². The minimum absolute atomic E-state index is 0.492. The summed E-state index contributed by atoms with van der Waals surface area (Å²) in [5.74, 6) is 0.492. The van der Waals surface area contributed by atoms with Crippen LogP contribution in [0.4, 0.5) is 0 Å². The summed E-state index contributed by atoms with van der Waals surface area (Å²) in [6.07, 6.45) is 2.09. The van der Waals surface area contributed by atoms with Crippen molar-refractivity contribution < 1.29 is 4.74 Å². The van der Waals surface area contributed by atoms with Crippen LogP contribution in [0.2, 0.25) is 5.02 Å². The van der Waals surface area contributed by atoms with Crippen LogP contribution in [0.3, 0.4) is 0 Å². The van der Waals surface area contributed by atoms with Crippen molar-refractivity contribution in [1.82, 2.24) is 4.98 Å². The molecule has 0 spiro atoms. The molecule has 2 aromatic rings. The van der Waals surface area contributed by atoms with Crippen molar-refractivity contribution in [3.63, 3.8) is 0 Å². The number of fused-ring (bicyclic) bond motifs is 1. The van der Waals surface area contributed by atoms with E-state index in [0.29, 0.717) is 5.92 Å². The SMILES string of the molecule is Clc1cc(C2CCOCC2)nc2ccccc12. The Bertz CT molecular complexity index is 535. The predicted octanol–water partition coefficient (Wildman–Crippen LogP) is 3.78. The molecule has 1 aliphatic heterocycles. The van der Waals surface area contributed by atoms with E-state index < -0.39 is 0 Å². The minimum Gasteiger partial charge on any atom is -0.381 e. The lowest BCUT2D eigenvalue weighted by Crippen LogP contribution is -2.15. The number of rotatable bonds is 1. The van der Waals surface area contributed by atoms with E-state index in [1.54, 1.807) is 0 Å². The molecule has 0 saturated carbocycles. The average molecular weight is 248 g/mol. The molecular formula is C14H14ClNO. The quantitative estimate of drug-likeness (QED) is 0.765. The summed E-state index contributed by atoms with van der Waals surface area (Å²) in [7, 11) is 0. The molecule has 0 N–H and O–H groups in total. The Kier molecular flexibility index (Phi) is 3.00. The molecule has 1 fully saturated rings. The van der Waals surface area contributed by atoms with Crippen LogP contribution in [-0.2, 0) is 4.74 Å². The molecule has 1 saturated heterocycles. The molecule has 0 aliphatic carbocycles. The second-order valence-electron chi connectivity index (χ2n) is 4.43. The fourth-order valence-corrected chi connectivity index (χ4v) is 2.63. The first kappa shape index (κ1) is 11.0. The van der Waals surface area contributed by atoms with Crippen LogP contribution in [0.5, 0.6) is 0 Å². The number of pyridine rings is 1. The third-order valence-electron chi connectivity index (χ3n) is 3.33. The van der Waals surface area contributed by atoms with Crippen LogP contribution in [-0.4, -0.2) is 18.2 Å². The van der Waals surface area contributed by atoms with Gasteiger partial charge in [-0.25, -0.2) is 0 Å². The van der Waals surface area contributed by atoms with E-state index in [2.05, 4.69) is 0 Å². The standard InChI is InChI=1S/C14H14ClNO/c15-12-9-14(10-5-7-17-8-6-10)16-13-4-2-1-3-11(12)13/h1-4,9-10H,5-8H2. The number of benzene rings is 1. The Morgan fingerprint density at radius 2 is 1.94 bits per heavy atom. The molecule has 0 amide bonds. The average Bonchev–Trinajstić information content (AvgIpc) is 2.40. The third kappa shape index (κ3) is 2.15. The van der Waals surface area contributed by atoms with Crippen molar-refractivity contribution in [2.24, 2.45) is 0 Å². The second kappa shape index (κ2) is 4.63. The Balaban J connectivity index is 2.05. The van der Waals surface area contributed by atoms with Crippen LogP contribution in [0.25, 0.3) is 10.9 Å². The Labute approximate surface area is 106 Å². The zero-order valence-electron chi connectivity index (χ0n) is 9.53. The van der Waals surface area contributed by atoms with Gasteiger partial charge in [-0.3, -0.25) is 4.98 Å². The number of halogens is 1. The number of hydrogen-bond acceptors (Lipinski definition) is 2. The van der Waals surface area contributed by atoms with Gasteiger partial charge >= 0.3 is 0 Å². The molecule has 0 atom stereocenters. The molecular weight excluding hydrogens is 234 g/mol. The van der Waals surface area contributed by atoms with Crippen molar-refractivity contribution in [3.05, 3.63) is 41.0 Å². The van der Waals surface area contributed by atoms with Gasteiger partial charge in [0.1, 0.15) is 0 Å². The van der Waals surface area contributed by atoms with Gasteiger partial charge in [0.2, 0.25) is 0 Å². The van der Waals surface area contributed by atoms with Crippen LogP contribution in [0.1, 0.15) is 24.5 Å². The summed E-state index contributed by atoms with van der Waals surface area (Å²) in [6.45, 7) is 1.66. The largest absolute Gasteiger partial charge is 0.381 e. The smallest absolute Gasteiger partial charge is 0.0720 e. The topological polar surface area (TPSA) is 22.1 Å². The van der Waals surface area contributed by atoms with Crippen LogP contribution in [0.15, 0.2) is 30.3 Å². The van der Waals surface area contributed by atoms with E-state index in [1.807, 2.05) is 30.3 Å². The lowest BCUT2D eigenvalue weighted by atomic mass is 9.95. The maximum atomic E-state index is 6.31. The van der Waals surface area contributed by atoms with Gasteiger partial charge < -0.3 is 4.74 Å². The number of nitrogens with zero attached hydrogens (tertiary/aromatic N) is 1. The van der Waals surface area contributed by atoms with Crippen LogP contribution < -0.4 is 0 Å². The molecule has 2 heterocycles. The van der Waals surface area contributed by atoms with E-state index in [9.17, 15) is 0 Å². The van der Waals surface area contributed by atoms with E-state index in [1.165, 1.54) is 0 Å². The number of para-hydroxylation sites is 1. The highest BCUT2D eigenvalue weighted by Crippen LogP contribution is 2.30. The van der Waals surface area contributed by atoms with Gasteiger partial charge in [0.15, 0.2) is 0 Å². The van der Waals surface area contributed by atoms with Gasteiger partial charge in [0.25, 0.3) is 0 Å². The Hall–Kier alpha value is -1.12. The molecule has 1 aromatic carbocycles. The summed E-state index contributed by atoms with van der Waals surface area (Å²) < 4.78 is 5.38. The summed E-state index contributed by atoms with van der Waals surface area (Å²) in [4.78, 5) is 4.72. The molecule has 3 rings (SSSR count). The summed E-state index contributed by atoms with van der Waals surface area (Å²) in [6, 6.07) is 10.0. The second-order valence-corrected chi connectivity index (χ2v) is 4.84. The van der Waals surface area contributed by atoms with Crippen molar-refractivity contribution >= 4 is 22.5 Å². The third-order valence-corrected chi connectivity index (χ3v) is 3.64. The predicted molar refractivity (Wildman–Crippen MR) is 69.5 cm³/mol. The molecule has 2 nitrogen and oxygen atoms in total. The lowest BCUT2D eigenvalue weighted by molar-refractivity contribution is 0.0846. The van der Waals surface area contributed by atoms with Gasteiger partial charge in [-0.05, 0) is 25.0 Å². The fraction of sp³-hybridized carbons (Fsp3) is 0.357. The molecule has 1 aliphatic rings. The van der Waals surface area contributed by atoms with E-state index >= 15 is 0 Å². The molecule has 0 unspecified atom stereocenters. The van der Waals surface area contributed by atoms with Crippen molar-refractivity contribution in [2.75, 3.05) is 13.2 Å². The van der Waals surface area contributed by atoms with Crippen LogP contribution in [0, 0.1) is 0 Å². The maximum absolute atomic E-state index is 6.31. The first-order chi connectivity index (χ1) is 8.34. The highest BCUT2D eigenvalue weighted by molar-refractivity contribution is 6.35. The first-order valence-corrected chi connectivity index (χ1v) is 6.35. The number of ether oxygens (including phenoxy) is 1. The molecule has 17 heavy (non-hydrogen) atoms. The first-order valence-electron chi connectivity index (χ1n) is 5.97. The Morgan fingerprint density at radius 3 is 2.76 bits per heavy atom. The highest BCUT2D eigenvalue weighted by Gasteiger charge is 2.18. The zero-order valence-corrected chi connectivity index (χ0v) is 10.3. The maximum Gasteiger partial charge on any atom is 0.0720 e. The van der Waals surface area contributed by atoms with E-state index in [0.717, 1.165) is 47.7 Å². The summed E-state index contributed by atoms with van der Waals surface area (Å²) >= 11 is 6.31. The zero-order chi connectivity index (χ0) is 11.7. The highest BCUT2D eigenvalue weighted by atomic mass is 35.5. The monoisotopic (exact) mass is 247 g/mol. The molecule has 1 aromatic heterocycles. The minimum atomic E-state index is 0.492. The lowest BCUT2D eigenvalue weighted by Gasteiger charge is -2.22. The fourth-order valence-electron chi connectivity index (χ4n) is 2.35. The Morgan fingerprint density at radius 1 is 1.18 bits per heavy atom. The summed E-state index contributed by atoms with van der Waals surface area (Å²) in [5, 5.41) is 1.84. The van der Waals surface area contributed by atoms with E-state index in [4.69, 9.17) is 21.3 Å². The number of hydrogen-bond donors (Lipinski definition) is 0. The molecule has 3 heteroatoms. The van der Waals surface area contributed by atoms with Gasteiger partial charge in [-0.1, -0.05) is 29.8 Å². The molecule has 88 valence electrons. The van der Waals surface area contributed by atoms with Crippen LogP contribution >= 0.6 is 11.6 Å². The van der Waals surface area contributed by atoms with Gasteiger partial charge in [-0.2, -0.15) is 0 Å². The number of aromatic nitrogens is 1. The molecule has 0 radical (unpaired) electrons. The normalized spacial score (nSPS) is 17.5. The van der Waals surface area contributed by atoms with Gasteiger partial charge in [0.05, 0.1) is 10.5 Å². The van der Waals surface area contributed by atoms with Crippen molar-refractivity contribution in [1.29, 1.82) is 0 Å². The van der Waals surface area contributed by atoms with E-state index in [-0.39, 0.29) is 0 Å². The summed E-state index contributed by atoms with van der Waals surface area (Å²) in [5.41, 5.74) is 2.10. The van der Waals surface area contributed by atoms with Gasteiger partial charge in [0, 0.05) is 30.2 Å². The van der Waals surface area contributed by atoms with Crippen molar-refractivity contribution in [3.8, 4) is 0 Å². The van der Waals surface area contributed by atoms with Crippen molar-refractivity contribution in [2.45, 2.75) is 18.8 Å². The molecule has 0 bridgehead atoms.